The quantitative estimate of drug-likeness (QED) is 0.618. The lowest BCUT2D eigenvalue weighted by Crippen LogP contribution is -2.48. The van der Waals surface area contributed by atoms with Crippen LogP contribution in [-0.4, -0.2) is 55.1 Å². The van der Waals surface area contributed by atoms with E-state index in [0.29, 0.717) is 31.6 Å². The monoisotopic (exact) mass is 336 g/mol. The first-order valence-electron chi connectivity index (χ1n) is 7.09. The van der Waals surface area contributed by atoms with Crippen LogP contribution >= 0.6 is 0 Å². The molecule has 122 valence electrons. The Balaban J connectivity index is 1.96. The molecule has 1 fully saturated rings. The van der Waals surface area contributed by atoms with E-state index in [-0.39, 0.29) is 5.69 Å². The fourth-order valence-corrected chi connectivity index (χ4v) is 3.68. The highest BCUT2D eigenvalue weighted by molar-refractivity contribution is 7.88. The molecule has 3 rings (SSSR count). The van der Waals surface area contributed by atoms with Gasteiger partial charge in [-0.15, -0.1) is 0 Å². The zero-order valence-corrected chi connectivity index (χ0v) is 13.4. The second-order valence-electron chi connectivity index (χ2n) is 5.43. The number of piperazine rings is 1. The maximum Gasteiger partial charge on any atom is 0.278 e. The van der Waals surface area contributed by atoms with E-state index in [1.165, 1.54) is 22.8 Å². The fraction of sp³-hybridized carbons (Fsp3) is 0.357. The van der Waals surface area contributed by atoms with E-state index >= 15 is 0 Å². The van der Waals surface area contributed by atoms with Crippen molar-refractivity contribution in [3.05, 3.63) is 40.7 Å². The van der Waals surface area contributed by atoms with Crippen LogP contribution in [0.25, 0.3) is 10.8 Å². The molecule has 1 aromatic carbocycles. The summed E-state index contributed by atoms with van der Waals surface area (Å²) in [6.07, 6.45) is 4.29. The molecule has 0 bridgehead atoms. The molecular formula is C14H16N4O4S. The van der Waals surface area contributed by atoms with Crippen molar-refractivity contribution in [1.82, 2.24) is 9.29 Å². The van der Waals surface area contributed by atoms with Gasteiger partial charge in [0.25, 0.3) is 5.69 Å². The summed E-state index contributed by atoms with van der Waals surface area (Å²) < 4.78 is 24.6. The Labute approximate surface area is 133 Å². The van der Waals surface area contributed by atoms with Gasteiger partial charge in [0.05, 0.1) is 16.6 Å². The zero-order valence-electron chi connectivity index (χ0n) is 12.5. The molecule has 1 aromatic heterocycles. The van der Waals surface area contributed by atoms with Crippen LogP contribution in [0.5, 0.6) is 0 Å². The van der Waals surface area contributed by atoms with Crippen molar-refractivity contribution in [2.75, 3.05) is 37.3 Å². The SMILES string of the molecule is CS(=O)(=O)N1CCN(c2ccc([N+](=O)[O-])c3cnccc23)CC1. The number of fused-ring (bicyclic) bond motifs is 1. The van der Waals surface area contributed by atoms with Crippen LogP contribution in [0.4, 0.5) is 11.4 Å². The number of pyridine rings is 1. The number of hydrogen-bond donors (Lipinski definition) is 0. The topological polar surface area (TPSA) is 96.7 Å². The maximum atomic E-state index is 11.6. The van der Waals surface area contributed by atoms with Gasteiger partial charge in [-0.25, -0.2) is 8.42 Å². The molecule has 1 aliphatic rings. The number of non-ortho nitro benzene ring substituents is 1. The third-order valence-corrected chi connectivity index (χ3v) is 5.32. The number of nitrogens with zero attached hydrogens (tertiary/aromatic N) is 4. The van der Waals surface area contributed by atoms with Crippen molar-refractivity contribution >= 4 is 32.2 Å². The molecule has 0 N–H and O–H groups in total. The lowest BCUT2D eigenvalue weighted by Gasteiger charge is -2.35. The lowest BCUT2D eigenvalue weighted by molar-refractivity contribution is -0.383. The summed E-state index contributed by atoms with van der Waals surface area (Å²) in [6.45, 7) is 1.90. The van der Waals surface area contributed by atoms with Crippen LogP contribution in [0, 0.1) is 10.1 Å². The largest absolute Gasteiger partial charge is 0.368 e. The third-order valence-electron chi connectivity index (χ3n) is 4.02. The van der Waals surface area contributed by atoms with Crippen LogP contribution in [0.3, 0.4) is 0 Å². The second-order valence-corrected chi connectivity index (χ2v) is 7.41. The predicted molar refractivity (Wildman–Crippen MR) is 87.0 cm³/mol. The Morgan fingerprint density at radius 3 is 2.43 bits per heavy atom. The van der Waals surface area contributed by atoms with Crippen LogP contribution < -0.4 is 4.90 Å². The molecular weight excluding hydrogens is 320 g/mol. The molecule has 0 aliphatic carbocycles. The molecule has 1 saturated heterocycles. The normalized spacial score (nSPS) is 16.7. The fourth-order valence-electron chi connectivity index (χ4n) is 2.85. The van der Waals surface area contributed by atoms with E-state index in [4.69, 9.17) is 0 Å². The molecule has 8 nitrogen and oxygen atoms in total. The zero-order chi connectivity index (χ0) is 16.6. The molecule has 0 unspecified atom stereocenters. The van der Waals surface area contributed by atoms with Crippen molar-refractivity contribution in [1.29, 1.82) is 0 Å². The number of hydrogen-bond acceptors (Lipinski definition) is 6. The molecule has 23 heavy (non-hydrogen) atoms. The molecule has 0 saturated carbocycles. The number of nitro benzene ring substituents is 1. The van der Waals surface area contributed by atoms with Crippen molar-refractivity contribution in [2.24, 2.45) is 0 Å². The van der Waals surface area contributed by atoms with Crippen molar-refractivity contribution in [2.45, 2.75) is 0 Å². The number of benzene rings is 1. The summed E-state index contributed by atoms with van der Waals surface area (Å²) in [4.78, 5) is 16.8. The average molecular weight is 336 g/mol. The summed E-state index contributed by atoms with van der Waals surface area (Å²) in [7, 11) is -3.18. The van der Waals surface area contributed by atoms with Gasteiger partial charge in [-0.2, -0.15) is 4.31 Å². The van der Waals surface area contributed by atoms with E-state index in [2.05, 4.69) is 4.98 Å². The summed E-state index contributed by atoms with van der Waals surface area (Å²) in [5, 5.41) is 12.4. The highest BCUT2D eigenvalue weighted by atomic mass is 32.2. The van der Waals surface area contributed by atoms with Crippen molar-refractivity contribution < 1.29 is 13.3 Å². The van der Waals surface area contributed by atoms with Crippen LogP contribution in [-0.2, 0) is 10.0 Å². The van der Waals surface area contributed by atoms with Gasteiger partial charge >= 0.3 is 0 Å². The highest BCUT2D eigenvalue weighted by Gasteiger charge is 2.25. The van der Waals surface area contributed by atoms with Crippen molar-refractivity contribution in [3.63, 3.8) is 0 Å². The Bertz CT molecular complexity index is 860. The molecule has 2 aromatic rings. The predicted octanol–water partition coefficient (Wildman–Crippen LogP) is 1.22. The van der Waals surface area contributed by atoms with Gasteiger partial charge in [0.1, 0.15) is 0 Å². The van der Waals surface area contributed by atoms with E-state index < -0.39 is 14.9 Å². The summed E-state index contributed by atoms with van der Waals surface area (Å²) >= 11 is 0. The van der Waals surface area contributed by atoms with E-state index in [1.54, 1.807) is 18.3 Å². The average Bonchev–Trinajstić information content (AvgIpc) is 2.53. The number of nitro groups is 1. The smallest absolute Gasteiger partial charge is 0.278 e. The summed E-state index contributed by atoms with van der Waals surface area (Å²) in [5.41, 5.74) is 0.882. The molecule has 9 heteroatoms. The van der Waals surface area contributed by atoms with Gasteiger partial charge in [0.2, 0.25) is 10.0 Å². The van der Waals surface area contributed by atoms with E-state index in [0.717, 1.165) is 11.1 Å². The Kier molecular flexibility index (Phi) is 3.90. The van der Waals surface area contributed by atoms with Crippen LogP contribution in [0.15, 0.2) is 30.6 Å². The van der Waals surface area contributed by atoms with Crippen LogP contribution in [0.2, 0.25) is 0 Å². The third kappa shape index (κ3) is 2.97. The number of rotatable bonds is 3. The standard InChI is InChI=1S/C14H16N4O4S/c1-23(21,22)17-8-6-16(7-9-17)13-2-3-14(18(19)20)12-10-15-5-4-11(12)13/h2-5,10H,6-9H2,1H3. The van der Waals surface area contributed by atoms with Gasteiger partial charge < -0.3 is 4.90 Å². The molecule has 0 radical (unpaired) electrons. The first-order chi connectivity index (χ1) is 10.9. The molecule has 0 amide bonds. The minimum Gasteiger partial charge on any atom is -0.368 e. The molecule has 2 heterocycles. The molecule has 0 atom stereocenters. The first-order valence-corrected chi connectivity index (χ1v) is 8.94. The van der Waals surface area contributed by atoms with Gasteiger partial charge in [-0.05, 0) is 12.1 Å². The first kappa shape index (κ1) is 15.6. The second kappa shape index (κ2) is 5.74. The number of aromatic nitrogens is 1. The van der Waals surface area contributed by atoms with Gasteiger partial charge in [-0.3, -0.25) is 15.1 Å². The Hall–Kier alpha value is -2.26. The van der Waals surface area contributed by atoms with E-state index in [1.807, 2.05) is 4.90 Å². The Morgan fingerprint density at radius 1 is 1.13 bits per heavy atom. The Morgan fingerprint density at radius 2 is 1.83 bits per heavy atom. The summed E-state index contributed by atoms with van der Waals surface area (Å²) in [5.74, 6) is 0. The summed E-state index contributed by atoms with van der Waals surface area (Å²) in [6, 6.07) is 4.94. The minimum absolute atomic E-state index is 0.0200. The lowest BCUT2D eigenvalue weighted by atomic mass is 10.1. The number of sulfonamides is 1. The van der Waals surface area contributed by atoms with Gasteiger partial charge in [-0.1, -0.05) is 0 Å². The number of anilines is 1. The van der Waals surface area contributed by atoms with Gasteiger partial charge in [0, 0.05) is 55.7 Å². The van der Waals surface area contributed by atoms with Gasteiger partial charge in [0.15, 0.2) is 0 Å². The van der Waals surface area contributed by atoms with Crippen LogP contribution in [0.1, 0.15) is 0 Å². The molecule has 1 aliphatic heterocycles. The minimum atomic E-state index is -3.18. The van der Waals surface area contributed by atoms with E-state index in [9.17, 15) is 18.5 Å². The van der Waals surface area contributed by atoms with Crippen molar-refractivity contribution in [3.8, 4) is 0 Å². The molecule has 0 spiro atoms. The highest BCUT2D eigenvalue weighted by Crippen LogP contribution is 2.33. The maximum absolute atomic E-state index is 11.6.